The fourth-order valence-electron chi connectivity index (χ4n) is 2.37. The zero-order valence-electron chi connectivity index (χ0n) is 12.0. The Kier molecular flexibility index (Phi) is 5.17. The Morgan fingerprint density at radius 3 is 2.50 bits per heavy atom. The van der Waals surface area contributed by atoms with Crippen LogP contribution in [0.2, 0.25) is 0 Å². The number of hydrogen-bond donors (Lipinski definition) is 0. The number of methoxy groups -OCH3 is 1. The normalized spacial score (nSPS) is 20.7. The number of rotatable bonds is 3. The molecule has 0 N–H and O–H groups in total. The quantitative estimate of drug-likeness (QED) is 0.727. The summed E-state index contributed by atoms with van der Waals surface area (Å²) in [4.78, 5) is 25.5. The van der Waals surface area contributed by atoms with Gasteiger partial charge in [0.2, 0.25) is 5.91 Å². The summed E-state index contributed by atoms with van der Waals surface area (Å²) in [6.45, 7) is 6.95. The van der Waals surface area contributed by atoms with Crippen molar-refractivity contribution in [2.24, 2.45) is 5.41 Å². The molecule has 1 heterocycles. The molecule has 0 aromatic rings. The molecule has 1 aliphatic heterocycles. The maximum Gasteiger partial charge on any atom is 0.307 e. The van der Waals surface area contributed by atoms with Crippen LogP contribution in [0.4, 0.5) is 0 Å². The Balaban J connectivity index is 2.64. The Morgan fingerprint density at radius 2 is 1.94 bits per heavy atom. The predicted octanol–water partition coefficient (Wildman–Crippen LogP) is 2.37. The summed E-state index contributed by atoms with van der Waals surface area (Å²) in [5.74, 6) is -0.0634. The molecule has 18 heavy (non-hydrogen) atoms. The van der Waals surface area contributed by atoms with Crippen LogP contribution in [0.3, 0.4) is 0 Å². The van der Waals surface area contributed by atoms with Gasteiger partial charge in [0.05, 0.1) is 13.5 Å². The molecular weight excluding hydrogens is 230 g/mol. The van der Waals surface area contributed by atoms with E-state index in [1.807, 2.05) is 4.90 Å². The van der Waals surface area contributed by atoms with Crippen molar-refractivity contribution in [1.29, 1.82) is 0 Å². The van der Waals surface area contributed by atoms with Gasteiger partial charge in [-0.3, -0.25) is 9.59 Å². The molecule has 0 radical (unpaired) electrons. The zero-order chi connectivity index (χ0) is 13.8. The molecule has 1 atom stereocenters. The second-order valence-electron chi connectivity index (χ2n) is 6.25. The number of carbonyl (C=O) groups excluding carboxylic acids is 2. The van der Waals surface area contributed by atoms with E-state index in [1.165, 1.54) is 7.11 Å². The Labute approximate surface area is 110 Å². The highest BCUT2D eigenvalue weighted by atomic mass is 16.5. The highest BCUT2D eigenvalue weighted by Crippen LogP contribution is 2.25. The summed E-state index contributed by atoms with van der Waals surface area (Å²) in [6.07, 6.45) is 3.89. The van der Waals surface area contributed by atoms with Crippen molar-refractivity contribution >= 4 is 11.9 Å². The van der Waals surface area contributed by atoms with Crippen LogP contribution >= 0.6 is 0 Å². The standard InChI is InChI=1S/C14H25NO3/c1-14(2,3)10-12(16)15-8-6-5-7-11(15)9-13(17)18-4/h11H,5-10H2,1-4H3. The lowest BCUT2D eigenvalue weighted by molar-refractivity contribution is -0.145. The van der Waals surface area contributed by atoms with E-state index < -0.39 is 0 Å². The highest BCUT2D eigenvalue weighted by Gasteiger charge is 2.30. The molecule has 0 aromatic carbocycles. The number of likely N-dealkylation sites (tertiary alicyclic amines) is 1. The topological polar surface area (TPSA) is 46.6 Å². The van der Waals surface area contributed by atoms with Crippen LogP contribution in [0.25, 0.3) is 0 Å². The summed E-state index contributed by atoms with van der Waals surface area (Å²) in [7, 11) is 1.40. The van der Waals surface area contributed by atoms with Crippen LogP contribution in [0.1, 0.15) is 52.9 Å². The van der Waals surface area contributed by atoms with Crippen molar-refractivity contribution in [3.05, 3.63) is 0 Å². The molecule has 1 saturated heterocycles. The Morgan fingerprint density at radius 1 is 1.28 bits per heavy atom. The van der Waals surface area contributed by atoms with Crippen molar-refractivity contribution in [2.45, 2.75) is 58.9 Å². The number of nitrogens with zero attached hydrogens (tertiary/aromatic N) is 1. The lowest BCUT2D eigenvalue weighted by Crippen LogP contribution is -2.45. The average molecular weight is 255 g/mol. The first-order valence-electron chi connectivity index (χ1n) is 6.70. The van der Waals surface area contributed by atoms with Gasteiger partial charge in [-0.25, -0.2) is 0 Å². The van der Waals surface area contributed by atoms with Gasteiger partial charge in [-0.15, -0.1) is 0 Å². The van der Waals surface area contributed by atoms with Crippen LogP contribution < -0.4 is 0 Å². The van der Waals surface area contributed by atoms with Crippen LogP contribution in [0.5, 0.6) is 0 Å². The summed E-state index contributed by atoms with van der Waals surface area (Å²) in [6, 6.07) is 0.0287. The van der Waals surface area contributed by atoms with Crippen molar-refractivity contribution < 1.29 is 14.3 Å². The largest absolute Gasteiger partial charge is 0.469 e. The molecule has 0 aromatic heterocycles. The molecule has 0 spiro atoms. The molecule has 0 saturated carbocycles. The second kappa shape index (κ2) is 6.21. The van der Waals surface area contributed by atoms with Gasteiger partial charge in [0.1, 0.15) is 0 Å². The number of hydrogen-bond acceptors (Lipinski definition) is 3. The van der Waals surface area contributed by atoms with Gasteiger partial charge in [0, 0.05) is 19.0 Å². The number of esters is 1. The molecule has 104 valence electrons. The van der Waals surface area contributed by atoms with Crippen molar-refractivity contribution in [2.75, 3.05) is 13.7 Å². The molecule has 4 nitrogen and oxygen atoms in total. The number of carbonyl (C=O) groups is 2. The number of ether oxygens (including phenoxy) is 1. The van der Waals surface area contributed by atoms with Crippen molar-refractivity contribution in [3.63, 3.8) is 0 Å². The Hall–Kier alpha value is -1.06. The maximum absolute atomic E-state index is 12.3. The van der Waals surface area contributed by atoms with Crippen LogP contribution in [0, 0.1) is 5.41 Å². The molecule has 4 heteroatoms. The second-order valence-corrected chi connectivity index (χ2v) is 6.25. The van der Waals surface area contributed by atoms with E-state index in [2.05, 4.69) is 20.8 Å². The number of amides is 1. The lowest BCUT2D eigenvalue weighted by Gasteiger charge is -2.36. The minimum atomic E-state index is -0.226. The van der Waals surface area contributed by atoms with E-state index in [0.717, 1.165) is 25.8 Å². The first-order valence-corrected chi connectivity index (χ1v) is 6.70. The van der Waals surface area contributed by atoms with Gasteiger partial charge in [0.25, 0.3) is 0 Å². The summed E-state index contributed by atoms with van der Waals surface area (Å²) >= 11 is 0. The first-order chi connectivity index (χ1) is 8.33. The SMILES string of the molecule is COC(=O)CC1CCCCN1C(=O)CC(C)(C)C. The van der Waals surface area contributed by atoms with E-state index in [4.69, 9.17) is 4.74 Å². The Bertz CT molecular complexity index is 307. The molecule has 1 fully saturated rings. The lowest BCUT2D eigenvalue weighted by atomic mass is 9.90. The van der Waals surface area contributed by atoms with Gasteiger partial charge >= 0.3 is 5.97 Å². The minimum Gasteiger partial charge on any atom is -0.469 e. The van der Waals surface area contributed by atoms with Gasteiger partial charge in [-0.1, -0.05) is 20.8 Å². The zero-order valence-corrected chi connectivity index (χ0v) is 12.0. The van der Waals surface area contributed by atoms with E-state index >= 15 is 0 Å². The fourth-order valence-corrected chi connectivity index (χ4v) is 2.37. The highest BCUT2D eigenvalue weighted by molar-refractivity contribution is 5.78. The fraction of sp³-hybridized carbons (Fsp3) is 0.857. The van der Waals surface area contributed by atoms with Crippen LogP contribution in [0.15, 0.2) is 0 Å². The molecule has 0 aliphatic carbocycles. The summed E-state index contributed by atoms with van der Waals surface area (Å²) in [5.41, 5.74) is -0.00958. The van der Waals surface area contributed by atoms with Crippen LogP contribution in [-0.2, 0) is 14.3 Å². The molecular formula is C14H25NO3. The number of piperidine rings is 1. The molecule has 1 unspecified atom stereocenters. The monoisotopic (exact) mass is 255 g/mol. The molecule has 1 amide bonds. The maximum atomic E-state index is 12.3. The third kappa shape index (κ3) is 4.67. The third-order valence-corrected chi connectivity index (χ3v) is 3.26. The summed E-state index contributed by atoms with van der Waals surface area (Å²) in [5, 5.41) is 0. The van der Waals surface area contributed by atoms with Gasteiger partial charge in [-0.05, 0) is 24.7 Å². The smallest absolute Gasteiger partial charge is 0.307 e. The molecule has 0 bridgehead atoms. The predicted molar refractivity (Wildman–Crippen MR) is 70.1 cm³/mol. The minimum absolute atomic E-state index is 0.00958. The average Bonchev–Trinajstić information content (AvgIpc) is 2.27. The molecule has 1 aliphatic rings. The van der Waals surface area contributed by atoms with Crippen LogP contribution in [-0.4, -0.2) is 36.5 Å². The van der Waals surface area contributed by atoms with Gasteiger partial charge in [-0.2, -0.15) is 0 Å². The summed E-state index contributed by atoms with van der Waals surface area (Å²) < 4.78 is 4.71. The third-order valence-electron chi connectivity index (χ3n) is 3.26. The van der Waals surface area contributed by atoms with Crippen molar-refractivity contribution in [3.8, 4) is 0 Å². The van der Waals surface area contributed by atoms with Gasteiger partial charge < -0.3 is 9.64 Å². The van der Waals surface area contributed by atoms with E-state index in [1.54, 1.807) is 0 Å². The van der Waals surface area contributed by atoms with E-state index in [0.29, 0.717) is 12.8 Å². The molecule has 1 rings (SSSR count). The first kappa shape index (κ1) is 15.0. The van der Waals surface area contributed by atoms with E-state index in [-0.39, 0.29) is 23.3 Å². The van der Waals surface area contributed by atoms with E-state index in [9.17, 15) is 9.59 Å². The van der Waals surface area contributed by atoms with Crippen molar-refractivity contribution in [1.82, 2.24) is 4.90 Å². The van der Waals surface area contributed by atoms with Gasteiger partial charge in [0.15, 0.2) is 0 Å².